The highest BCUT2D eigenvalue weighted by atomic mass is 15.1. The minimum absolute atomic E-state index is 0.541. The summed E-state index contributed by atoms with van der Waals surface area (Å²) in [6.07, 6.45) is 3.82. The lowest BCUT2D eigenvalue weighted by molar-refractivity contribution is 1.08. The first-order valence-corrected chi connectivity index (χ1v) is 4.87. The van der Waals surface area contributed by atoms with Gasteiger partial charge in [-0.25, -0.2) is 0 Å². The van der Waals surface area contributed by atoms with Crippen LogP contribution >= 0.6 is 0 Å². The minimum atomic E-state index is 0.541. The Morgan fingerprint density at radius 1 is 1.27 bits per heavy atom. The van der Waals surface area contributed by atoms with Crippen LogP contribution in [0.3, 0.4) is 0 Å². The average Bonchev–Trinajstić information content (AvgIpc) is 2.76. The van der Waals surface area contributed by atoms with Gasteiger partial charge in [-0.3, -0.25) is 5.10 Å². The summed E-state index contributed by atoms with van der Waals surface area (Å²) in [4.78, 5) is 0. The van der Waals surface area contributed by atoms with E-state index in [1.807, 2.05) is 48.6 Å². The molecular formula is C12H13N3. The molecule has 1 aromatic carbocycles. The summed E-state index contributed by atoms with van der Waals surface area (Å²) >= 11 is 0. The van der Waals surface area contributed by atoms with Crippen molar-refractivity contribution in [1.29, 1.82) is 0 Å². The lowest BCUT2D eigenvalue weighted by atomic mass is 10.1. The average molecular weight is 199 g/mol. The molecule has 2 aromatic rings. The maximum atomic E-state index is 5.37. The van der Waals surface area contributed by atoms with Crippen molar-refractivity contribution >= 4 is 6.08 Å². The Hall–Kier alpha value is -1.87. The van der Waals surface area contributed by atoms with Gasteiger partial charge in [0.25, 0.3) is 0 Å². The largest absolute Gasteiger partial charge is 0.327 e. The Labute approximate surface area is 88.6 Å². The highest BCUT2D eigenvalue weighted by Gasteiger charge is 2.00. The molecule has 0 aliphatic heterocycles. The molecule has 0 saturated heterocycles. The summed E-state index contributed by atoms with van der Waals surface area (Å²) in [5, 5.41) is 7.17. The number of H-pyrrole nitrogens is 1. The first-order valence-electron chi connectivity index (χ1n) is 4.87. The number of rotatable bonds is 3. The van der Waals surface area contributed by atoms with E-state index in [-0.39, 0.29) is 0 Å². The van der Waals surface area contributed by atoms with E-state index in [0.717, 1.165) is 17.0 Å². The van der Waals surface area contributed by atoms with Crippen molar-refractivity contribution in [1.82, 2.24) is 10.2 Å². The third-order valence-corrected chi connectivity index (χ3v) is 2.10. The SMILES string of the molecule is NC/C=C/c1cc(-c2ccccc2)n[nH]1. The summed E-state index contributed by atoms with van der Waals surface area (Å²) in [5.41, 5.74) is 8.41. The minimum Gasteiger partial charge on any atom is -0.327 e. The first kappa shape index (κ1) is 9.68. The number of hydrogen-bond donors (Lipinski definition) is 2. The van der Waals surface area contributed by atoms with Crippen LogP contribution in [0.25, 0.3) is 17.3 Å². The van der Waals surface area contributed by atoms with Crippen LogP contribution in [-0.2, 0) is 0 Å². The third kappa shape index (κ3) is 2.33. The summed E-state index contributed by atoms with van der Waals surface area (Å²) in [6.45, 7) is 0.541. The van der Waals surface area contributed by atoms with Gasteiger partial charge in [-0.2, -0.15) is 5.10 Å². The van der Waals surface area contributed by atoms with E-state index in [0.29, 0.717) is 6.54 Å². The predicted molar refractivity (Wildman–Crippen MR) is 62.1 cm³/mol. The summed E-state index contributed by atoms with van der Waals surface area (Å²) in [5.74, 6) is 0. The Morgan fingerprint density at radius 2 is 2.07 bits per heavy atom. The number of benzene rings is 1. The molecule has 0 radical (unpaired) electrons. The molecule has 1 aromatic heterocycles. The molecule has 0 bridgehead atoms. The molecule has 0 aliphatic rings. The van der Waals surface area contributed by atoms with Gasteiger partial charge in [0.05, 0.1) is 11.4 Å². The smallest absolute Gasteiger partial charge is 0.0926 e. The second-order valence-electron chi connectivity index (χ2n) is 3.21. The number of nitrogens with one attached hydrogen (secondary N) is 1. The van der Waals surface area contributed by atoms with Crippen LogP contribution in [0.4, 0.5) is 0 Å². The molecule has 0 unspecified atom stereocenters. The molecule has 2 rings (SSSR count). The first-order chi connectivity index (χ1) is 7.40. The van der Waals surface area contributed by atoms with Crippen molar-refractivity contribution in [3.63, 3.8) is 0 Å². The van der Waals surface area contributed by atoms with Gasteiger partial charge in [-0.15, -0.1) is 0 Å². The number of nitrogens with two attached hydrogens (primary N) is 1. The van der Waals surface area contributed by atoms with Gasteiger partial charge in [-0.05, 0) is 12.1 Å². The Kier molecular flexibility index (Phi) is 2.95. The number of hydrogen-bond acceptors (Lipinski definition) is 2. The van der Waals surface area contributed by atoms with E-state index in [2.05, 4.69) is 10.2 Å². The van der Waals surface area contributed by atoms with E-state index < -0.39 is 0 Å². The molecule has 0 saturated carbocycles. The van der Waals surface area contributed by atoms with Crippen molar-refractivity contribution in [2.24, 2.45) is 5.73 Å². The molecular weight excluding hydrogens is 186 g/mol. The Balaban J connectivity index is 2.24. The zero-order valence-electron chi connectivity index (χ0n) is 8.35. The number of aromatic amines is 1. The lowest BCUT2D eigenvalue weighted by Crippen LogP contribution is -1.91. The van der Waals surface area contributed by atoms with Crippen LogP contribution in [0.2, 0.25) is 0 Å². The van der Waals surface area contributed by atoms with Crippen molar-refractivity contribution in [2.45, 2.75) is 0 Å². The molecule has 76 valence electrons. The maximum Gasteiger partial charge on any atom is 0.0926 e. The second kappa shape index (κ2) is 4.57. The van der Waals surface area contributed by atoms with Gasteiger partial charge in [0.2, 0.25) is 0 Å². The topological polar surface area (TPSA) is 54.7 Å². The molecule has 0 spiro atoms. The quantitative estimate of drug-likeness (QED) is 0.794. The van der Waals surface area contributed by atoms with Gasteiger partial charge in [0.1, 0.15) is 0 Å². The monoisotopic (exact) mass is 199 g/mol. The normalized spacial score (nSPS) is 11.0. The van der Waals surface area contributed by atoms with E-state index in [1.165, 1.54) is 0 Å². The molecule has 0 amide bonds. The number of aromatic nitrogens is 2. The van der Waals surface area contributed by atoms with Gasteiger partial charge in [0, 0.05) is 12.1 Å². The van der Waals surface area contributed by atoms with E-state index in [9.17, 15) is 0 Å². The van der Waals surface area contributed by atoms with E-state index >= 15 is 0 Å². The molecule has 3 heteroatoms. The molecule has 0 fully saturated rings. The van der Waals surface area contributed by atoms with Crippen LogP contribution in [0.1, 0.15) is 5.69 Å². The fraction of sp³-hybridized carbons (Fsp3) is 0.0833. The van der Waals surface area contributed by atoms with Gasteiger partial charge in [0.15, 0.2) is 0 Å². The van der Waals surface area contributed by atoms with E-state index in [1.54, 1.807) is 0 Å². The highest BCUT2D eigenvalue weighted by Crippen LogP contribution is 2.17. The second-order valence-corrected chi connectivity index (χ2v) is 3.21. The fourth-order valence-corrected chi connectivity index (χ4v) is 1.37. The number of nitrogens with zero attached hydrogens (tertiary/aromatic N) is 1. The summed E-state index contributed by atoms with van der Waals surface area (Å²) in [6, 6.07) is 12.1. The fourth-order valence-electron chi connectivity index (χ4n) is 1.37. The molecule has 15 heavy (non-hydrogen) atoms. The van der Waals surface area contributed by atoms with Crippen LogP contribution in [0, 0.1) is 0 Å². The van der Waals surface area contributed by atoms with Crippen LogP contribution in [0.5, 0.6) is 0 Å². The van der Waals surface area contributed by atoms with Crippen LogP contribution in [0.15, 0.2) is 42.5 Å². The molecule has 1 heterocycles. The zero-order valence-corrected chi connectivity index (χ0v) is 8.35. The van der Waals surface area contributed by atoms with Crippen molar-refractivity contribution in [2.75, 3.05) is 6.54 Å². The van der Waals surface area contributed by atoms with Gasteiger partial charge >= 0.3 is 0 Å². The van der Waals surface area contributed by atoms with Crippen molar-refractivity contribution in [3.05, 3.63) is 48.2 Å². The maximum absolute atomic E-state index is 5.37. The predicted octanol–water partition coefficient (Wildman–Crippen LogP) is 2.05. The van der Waals surface area contributed by atoms with Crippen LogP contribution < -0.4 is 5.73 Å². The van der Waals surface area contributed by atoms with Crippen molar-refractivity contribution in [3.8, 4) is 11.3 Å². The van der Waals surface area contributed by atoms with Crippen molar-refractivity contribution < 1.29 is 0 Å². The standard InChI is InChI=1S/C12H13N3/c13-8-4-7-11-9-12(15-14-11)10-5-2-1-3-6-10/h1-7,9H,8,13H2,(H,14,15)/b7-4+. The Bertz CT molecular complexity index is 443. The van der Waals surface area contributed by atoms with E-state index in [4.69, 9.17) is 5.73 Å². The summed E-state index contributed by atoms with van der Waals surface area (Å²) in [7, 11) is 0. The zero-order chi connectivity index (χ0) is 10.5. The Morgan fingerprint density at radius 3 is 2.80 bits per heavy atom. The third-order valence-electron chi connectivity index (χ3n) is 2.10. The highest BCUT2D eigenvalue weighted by molar-refractivity contribution is 5.62. The lowest BCUT2D eigenvalue weighted by Gasteiger charge is -1.92. The molecule has 0 atom stereocenters. The molecule has 3 N–H and O–H groups in total. The molecule has 0 aliphatic carbocycles. The van der Waals surface area contributed by atoms with Crippen LogP contribution in [-0.4, -0.2) is 16.7 Å². The van der Waals surface area contributed by atoms with Gasteiger partial charge < -0.3 is 5.73 Å². The van der Waals surface area contributed by atoms with Gasteiger partial charge in [-0.1, -0.05) is 36.4 Å². The summed E-state index contributed by atoms with van der Waals surface area (Å²) < 4.78 is 0. The molecule has 3 nitrogen and oxygen atoms in total.